The zero-order valence-electron chi connectivity index (χ0n) is 18.7. The van der Waals surface area contributed by atoms with Gasteiger partial charge in [-0.15, -0.1) is 0 Å². The van der Waals surface area contributed by atoms with Crippen LogP contribution in [0.15, 0.2) is 30.6 Å². The second-order valence-electron chi connectivity index (χ2n) is 8.68. The Labute approximate surface area is 195 Å². The molecule has 11 heteroatoms. The van der Waals surface area contributed by atoms with E-state index in [0.717, 1.165) is 5.52 Å². The third-order valence-corrected chi connectivity index (χ3v) is 6.38. The fourth-order valence-corrected chi connectivity index (χ4v) is 4.53. The number of aromatic nitrogens is 4. The van der Waals surface area contributed by atoms with Crippen LogP contribution in [0.5, 0.6) is 5.88 Å². The van der Waals surface area contributed by atoms with Crippen molar-refractivity contribution in [1.29, 1.82) is 0 Å². The Hall–Kier alpha value is -3.31. The van der Waals surface area contributed by atoms with Gasteiger partial charge in [-0.1, -0.05) is 6.07 Å². The number of hydrogen-bond acceptors (Lipinski definition) is 8. The maximum Gasteiger partial charge on any atom is 0.256 e. The minimum Gasteiger partial charge on any atom is -0.470 e. The van der Waals surface area contributed by atoms with Crippen molar-refractivity contribution in [1.82, 2.24) is 24.5 Å². The molecule has 0 saturated carbocycles. The SMILES string of the molecule is O=C(CO)N1CCC[C@@H](Oc2nc(-c3cnn4ccccc34)nc(N3CCC(O)CC3)c2F)C1. The van der Waals surface area contributed by atoms with E-state index >= 15 is 4.39 Å². The zero-order chi connectivity index (χ0) is 23.7. The molecule has 0 aromatic carbocycles. The number of anilines is 1. The number of carbonyl (C=O) groups is 1. The van der Waals surface area contributed by atoms with Crippen LogP contribution in [0.25, 0.3) is 16.9 Å². The smallest absolute Gasteiger partial charge is 0.256 e. The first-order valence-electron chi connectivity index (χ1n) is 11.5. The summed E-state index contributed by atoms with van der Waals surface area (Å²) in [6.45, 7) is 1.13. The van der Waals surface area contributed by atoms with Crippen LogP contribution in [-0.2, 0) is 4.79 Å². The van der Waals surface area contributed by atoms with Crippen molar-refractivity contribution in [2.75, 3.05) is 37.7 Å². The quantitative estimate of drug-likeness (QED) is 0.573. The summed E-state index contributed by atoms with van der Waals surface area (Å²) in [6, 6.07) is 5.62. The maximum atomic E-state index is 15.7. The van der Waals surface area contributed by atoms with Crippen molar-refractivity contribution in [3.63, 3.8) is 0 Å². The molecule has 1 amide bonds. The highest BCUT2D eigenvalue weighted by Crippen LogP contribution is 2.32. The lowest BCUT2D eigenvalue weighted by Gasteiger charge is -2.33. The normalized spacial score (nSPS) is 19.6. The lowest BCUT2D eigenvalue weighted by Crippen LogP contribution is -2.45. The van der Waals surface area contributed by atoms with Crippen molar-refractivity contribution in [3.8, 4) is 17.3 Å². The summed E-state index contributed by atoms with van der Waals surface area (Å²) in [5.41, 5.74) is 1.42. The van der Waals surface area contributed by atoms with E-state index in [1.54, 1.807) is 15.6 Å². The molecule has 3 aromatic rings. The monoisotopic (exact) mass is 470 g/mol. The molecule has 2 saturated heterocycles. The predicted octanol–water partition coefficient (Wildman–Crippen LogP) is 1.25. The topological polar surface area (TPSA) is 116 Å². The highest BCUT2D eigenvalue weighted by atomic mass is 19.1. The van der Waals surface area contributed by atoms with Gasteiger partial charge in [0.2, 0.25) is 11.7 Å². The van der Waals surface area contributed by atoms with Gasteiger partial charge in [0.25, 0.3) is 5.88 Å². The molecule has 0 spiro atoms. The number of halogens is 1. The number of carbonyl (C=O) groups excluding carboxylic acids is 1. The molecule has 2 N–H and O–H groups in total. The molecule has 0 unspecified atom stereocenters. The van der Waals surface area contributed by atoms with Crippen LogP contribution in [0, 0.1) is 5.82 Å². The van der Waals surface area contributed by atoms with Gasteiger partial charge in [0.05, 0.1) is 29.9 Å². The third-order valence-electron chi connectivity index (χ3n) is 6.38. The van der Waals surface area contributed by atoms with Crippen LogP contribution in [-0.4, -0.2) is 85.6 Å². The maximum absolute atomic E-state index is 15.7. The summed E-state index contributed by atoms with van der Waals surface area (Å²) in [5.74, 6) is -0.804. The fraction of sp³-hybridized carbons (Fsp3) is 0.478. The molecule has 1 atom stereocenters. The average molecular weight is 471 g/mol. The molecule has 2 aliphatic rings. The number of likely N-dealkylation sites (tertiary alicyclic amines) is 1. The van der Waals surface area contributed by atoms with E-state index in [9.17, 15) is 15.0 Å². The van der Waals surface area contributed by atoms with E-state index in [-0.39, 0.29) is 30.0 Å². The van der Waals surface area contributed by atoms with Crippen molar-refractivity contribution in [2.45, 2.75) is 37.9 Å². The van der Waals surface area contributed by atoms with Crippen molar-refractivity contribution < 1.29 is 24.1 Å². The number of aliphatic hydroxyl groups excluding tert-OH is 2. The zero-order valence-corrected chi connectivity index (χ0v) is 18.7. The molecule has 5 heterocycles. The minimum absolute atomic E-state index is 0.126. The largest absolute Gasteiger partial charge is 0.470 e. The Balaban J connectivity index is 1.52. The molecule has 2 aliphatic heterocycles. The summed E-state index contributed by atoms with van der Waals surface area (Å²) in [7, 11) is 0. The van der Waals surface area contributed by atoms with Crippen LogP contribution in [0.2, 0.25) is 0 Å². The second kappa shape index (κ2) is 9.51. The van der Waals surface area contributed by atoms with Crippen LogP contribution < -0.4 is 9.64 Å². The van der Waals surface area contributed by atoms with Gasteiger partial charge < -0.3 is 24.7 Å². The van der Waals surface area contributed by atoms with Gasteiger partial charge in [-0.3, -0.25) is 4.79 Å². The first-order chi connectivity index (χ1) is 16.5. The fourth-order valence-electron chi connectivity index (χ4n) is 4.53. The first-order valence-corrected chi connectivity index (χ1v) is 11.5. The van der Waals surface area contributed by atoms with Crippen molar-refractivity contribution >= 4 is 17.2 Å². The lowest BCUT2D eigenvalue weighted by atomic mass is 10.1. The molecular formula is C23H27FN6O4. The number of amides is 1. The standard InChI is InChI=1S/C23H27FN6O4/c24-20-22(28-10-6-15(32)7-11-28)26-21(17-12-25-30-9-2-1-5-18(17)30)27-23(20)34-16-4-3-8-29(13-16)19(33)14-31/h1-2,5,9,12,15-16,31-32H,3-4,6-8,10-11,13-14H2/t16-/m1/s1. The molecule has 5 rings (SSSR count). The van der Waals surface area contributed by atoms with Crippen LogP contribution in [0.3, 0.4) is 0 Å². The van der Waals surface area contributed by atoms with Gasteiger partial charge in [0.15, 0.2) is 11.6 Å². The average Bonchev–Trinajstić information content (AvgIpc) is 3.30. The van der Waals surface area contributed by atoms with E-state index in [1.807, 2.05) is 24.4 Å². The molecule has 0 bridgehead atoms. The Kier molecular flexibility index (Phi) is 6.29. The number of rotatable bonds is 5. The van der Waals surface area contributed by atoms with Crippen LogP contribution in [0.1, 0.15) is 25.7 Å². The lowest BCUT2D eigenvalue weighted by molar-refractivity contribution is -0.136. The van der Waals surface area contributed by atoms with E-state index in [0.29, 0.717) is 50.9 Å². The molecule has 3 aromatic heterocycles. The summed E-state index contributed by atoms with van der Waals surface area (Å²) in [5, 5.41) is 23.4. The Morgan fingerprint density at radius 3 is 2.79 bits per heavy atom. The van der Waals surface area contributed by atoms with Gasteiger partial charge >= 0.3 is 0 Å². The van der Waals surface area contributed by atoms with E-state index in [2.05, 4.69) is 15.1 Å². The van der Waals surface area contributed by atoms with E-state index in [4.69, 9.17) is 4.74 Å². The molecule has 34 heavy (non-hydrogen) atoms. The molecule has 0 aliphatic carbocycles. The summed E-state index contributed by atoms with van der Waals surface area (Å²) >= 11 is 0. The minimum atomic E-state index is -0.665. The molecular weight excluding hydrogens is 443 g/mol. The number of piperidine rings is 2. The number of fused-ring (bicyclic) bond motifs is 1. The number of ether oxygens (including phenoxy) is 1. The highest BCUT2D eigenvalue weighted by Gasteiger charge is 2.29. The summed E-state index contributed by atoms with van der Waals surface area (Å²) in [6.07, 6.45) is 4.94. The van der Waals surface area contributed by atoms with Gasteiger partial charge in [0, 0.05) is 25.8 Å². The number of nitrogens with zero attached hydrogens (tertiary/aromatic N) is 6. The van der Waals surface area contributed by atoms with Crippen molar-refractivity contribution in [2.24, 2.45) is 0 Å². The number of hydrogen-bond donors (Lipinski definition) is 2. The second-order valence-corrected chi connectivity index (χ2v) is 8.68. The molecule has 180 valence electrons. The number of pyridine rings is 1. The third kappa shape index (κ3) is 4.40. The number of aliphatic hydroxyl groups is 2. The molecule has 2 fully saturated rings. The van der Waals surface area contributed by atoms with E-state index < -0.39 is 24.6 Å². The Morgan fingerprint density at radius 1 is 1.18 bits per heavy atom. The van der Waals surface area contributed by atoms with Gasteiger partial charge in [0.1, 0.15) is 12.7 Å². The highest BCUT2D eigenvalue weighted by molar-refractivity contribution is 5.77. The molecule has 10 nitrogen and oxygen atoms in total. The molecule has 0 radical (unpaired) electrons. The predicted molar refractivity (Wildman–Crippen MR) is 121 cm³/mol. The van der Waals surface area contributed by atoms with Gasteiger partial charge in [-0.25, -0.2) is 9.50 Å². The van der Waals surface area contributed by atoms with Gasteiger partial charge in [-0.05, 0) is 37.8 Å². The first kappa shape index (κ1) is 22.5. The summed E-state index contributed by atoms with van der Waals surface area (Å²) < 4.78 is 23.4. The Morgan fingerprint density at radius 2 is 2.00 bits per heavy atom. The van der Waals surface area contributed by atoms with Crippen LogP contribution >= 0.6 is 0 Å². The van der Waals surface area contributed by atoms with E-state index in [1.165, 1.54) is 4.90 Å². The van der Waals surface area contributed by atoms with Crippen molar-refractivity contribution in [3.05, 3.63) is 36.4 Å². The summed E-state index contributed by atoms with van der Waals surface area (Å²) in [4.78, 5) is 24.2. The van der Waals surface area contributed by atoms with Crippen LogP contribution in [0.4, 0.5) is 10.2 Å². The van der Waals surface area contributed by atoms with Gasteiger partial charge in [-0.2, -0.15) is 14.5 Å². The Bertz CT molecular complexity index is 1180.